The van der Waals surface area contributed by atoms with Crippen LogP contribution in [0.3, 0.4) is 0 Å². The Kier molecular flexibility index (Phi) is 5.70. The first-order chi connectivity index (χ1) is 12.5. The van der Waals surface area contributed by atoms with Crippen molar-refractivity contribution >= 4 is 17.1 Å². The summed E-state index contributed by atoms with van der Waals surface area (Å²) in [6.45, 7) is 5.71. The first-order valence-electron chi connectivity index (χ1n) is 8.86. The van der Waals surface area contributed by atoms with Gasteiger partial charge in [0.05, 0.1) is 6.54 Å². The van der Waals surface area contributed by atoms with Crippen LogP contribution in [0.25, 0.3) is 0 Å². The standard InChI is InChI=1S/C23H25NOS/c1-23(2,20-7-5-4-6-8-20)21-11-9-18(10-12-21)15-24(3)16-22(25)19-13-14-26-17-19/h4-14,17H,15-16H2,1-3H3. The largest absolute Gasteiger partial charge is 0.295 e. The first-order valence-corrected chi connectivity index (χ1v) is 9.80. The summed E-state index contributed by atoms with van der Waals surface area (Å²) in [7, 11) is 1.99. The van der Waals surface area contributed by atoms with Crippen LogP contribution in [0.4, 0.5) is 0 Å². The maximum atomic E-state index is 12.2. The van der Waals surface area contributed by atoms with Crippen molar-refractivity contribution in [2.45, 2.75) is 25.8 Å². The molecule has 0 aliphatic rings. The summed E-state index contributed by atoms with van der Waals surface area (Å²) >= 11 is 1.56. The van der Waals surface area contributed by atoms with Crippen LogP contribution >= 0.6 is 11.3 Å². The van der Waals surface area contributed by atoms with Crippen LogP contribution in [0.5, 0.6) is 0 Å². The molecular weight excluding hydrogens is 338 g/mol. The number of benzene rings is 2. The number of hydrogen-bond donors (Lipinski definition) is 0. The SMILES string of the molecule is CN(CC(=O)c1ccsc1)Cc1ccc(C(C)(C)c2ccccc2)cc1. The predicted molar refractivity (Wildman–Crippen MR) is 110 cm³/mol. The van der Waals surface area contributed by atoms with Crippen molar-refractivity contribution in [3.63, 3.8) is 0 Å². The summed E-state index contributed by atoms with van der Waals surface area (Å²) in [5, 5.41) is 3.86. The third-order valence-corrected chi connectivity index (χ3v) is 5.56. The summed E-state index contributed by atoms with van der Waals surface area (Å²) in [6, 6.07) is 21.2. The molecule has 0 N–H and O–H groups in total. The molecule has 0 spiro atoms. The van der Waals surface area contributed by atoms with E-state index in [1.54, 1.807) is 11.3 Å². The molecule has 3 rings (SSSR count). The third-order valence-electron chi connectivity index (χ3n) is 4.88. The number of thiophene rings is 1. The lowest BCUT2D eigenvalue weighted by molar-refractivity contribution is 0.0943. The second kappa shape index (κ2) is 7.98. The molecule has 134 valence electrons. The molecule has 2 nitrogen and oxygen atoms in total. The Bertz CT molecular complexity index is 836. The highest BCUT2D eigenvalue weighted by Gasteiger charge is 2.22. The van der Waals surface area contributed by atoms with Gasteiger partial charge in [-0.3, -0.25) is 9.69 Å². The highest BCUT2D eigenvalue weighted by molar-refractivity contribution is 7.08. The number of carbonyl (C=O) groups is 1. The highest BCUT2D eigenvalue weighted by Crippen LogP contribution is 2.31. The third kappa shape index (κ3) is 4.29. The van der Waals surface area contributed by atoms with Gasteiger partial charge < -0.3 is 0 Å². The molecule has 0 radical (unpaired) electrons. The lowest BCUT2D eigenvalue weighted by Gasteiger charge is -2.26. The molecule has 26 heavy (non-hydrogen) atoms. The molecule has 1 heterocycles. The number of nitrogens with zero attached hydrogens (tertiary/aromatic N) is 1. The van der Waals surface area contributed by atoms with Crippen molar-refractivity contribution in [1.82, 2.24) is 4.90 Å². The molecule has 3 aromatic rings. The molecule has 1 aromatic heterocycles. The van der Waals surface area contributed by atoms with Crippen LogP contribution in [-0.2, 0) is 12.0 Å². The van der Waals surface area contributed by atoms with E-state index in [0.717, 1.165) is 12.1 Å². The molecular formula is C23H25NOS. The zero-order chi connectivity index (χ0) is 18.6. The molecule has 0 aliphatic heterocycles. The molecule has 0 bridgehead atoms. The lowest BCUT2D eigenvalue weighted by Crippen LogP contribution is -2.25. The minimum Gasteiger partial charge on any atom is -0.295 e. The monoisotopic (exact) mass is 363 g/mol. The summed E-state index contributed by atoms with van der Waals surface area (Å²) in [6.07, 6.45) is 0. The summed E-state index contributed by atoms with van der Waals surface area (Å²) in [5.41, 5.74) is 4.61. The van der Waals surface area contributed by atoms with Gasteiger partial charge in [0.1, 0.15) is 0 Å². The minimum atomic E-state index is -0.0272. The fourth-order valence-electron chi connectivity index (χ4n) is 3.18. The van der Waals surface area contributed by atoms with Crippen LogP contribution in [-0.4, -0.2) is 24.3 Å². The predicted octanol–water partition coefficient (Wildman–Crippen LogP) is 5.39. The van der Waals surface area contributed by atoms with Crippen LogP contribution in [0.2, 0.25) is 0 Å². The van der Waals surface area contributed by atoms with Gasteiger partial charge in [-0.1, -0.05) is 68.4 Å². The zero-order valence-electron chi connectivity index (χ0n) is 15.6. The Morgan fingerprint density at radius 3 is 2.23 bits per heavy atom. The zero-order valence-corrected chi connectivity index (χ0v) is 16.4. The smallest absolute Gasteiger partial charge is 0.177 e. The maximum absolute atomic E-state index is 12.2. The van der Waals surface area contributed by atoms with E-state index in [4.69, 9.17) is 0 Å². The van der Waals surface area contributed by atoms with E-state index in [-0.39, 0.29) is 11.2 Å². The fourth-order valence-corrected chi connectivity index (χ4v) is 3.84. The number of ketones is 1. The molecule has 2 aromatic carbocycles. The van der Waals surface area contributed by atoms with E-state index in [1.807, 2.05) is 23.9 Å². The van der Waals surface area contributed by atoms with Crippen LogP contribution in [0, 0.1) is 0 Å². The number of likely N-dealkylation sites (N-methyl/N-ethyl adjacent to an activating group) is 1. The van der Waals surface area contributed by atoms with Crippen molar-refractivity contribution in [2.75, 3.05) is 13.6 Å². The van der Waals surface area contributed by atoms with Gasteiger partial charge >= 0.3 is 0 Å². The first kappa shape index (κ1) is 18.6. The van der Waals surface area contributed by atoms with Gasteiger partial charge in [-0.15, -0.1) is 0 Å². The van der Waals surface area contributed by atoms with Crippen molar-refractivity contribution in [2.24, 2.45) is 0 Å². The van der Waals surface area contributed by atoms with Crippen molar-refractivity contribution in [3.8, 4) is 0 Å². The van der Waals surface area contributed by atoms with Crippen molar-refractivity contribution < 1.29 is 4.79 Å². The van der Waals surface area contributed by atoms with E-state index in [1.165, 1.54) is 16.7 Å². The fraction of sp³-hybridized carbons (Fsp3) is 0.261. The number of rotatable bonds is 7. The Hall–Kier alpha value is -2.23. The average Bonchev–Trinajstić information content (AvgIpc) is 3.18. The molecule has 0 atom stereocenters. The van der Waals surface area contributed by atoms with Gasteiger partial charge in [0.2, 0.25) is 0 Å². The molecule has 0 unspecified atom stereocenters. The van der Waals surface area contributed by atoms with Gasteiger partial charge in [-0.05, 0) is 35.2 Å². The molecule has 0 fully saturated rings. The van der Waals surface area contributed by atoms with Crippen LogP contribution < -0.4 is 0 Å². The van der Waals surface area contributed by atoms with E-state index >= 15 is 0 Å². The quantitative estimate of drug-likeness (QED) is 0.525. The molecule has 0 amide bonds. The van der Waals surface area contributed by atoms with Crippen molar-refractivity contribution in [3.05, 3.63) is 93.7 Å². The van der Waals surface area contributed by atoms with E-state index in [9.17, 15) is 4.79 Å². The molecule has 0 saturated heterocycles. The normalized spacial score (nSPS) is 11.7. The van der Waals surface area contributed by atoms with Crippen molar-refractivity contribution in [1.29, 1.82) is 0 Å². The van der Waals surface area contributed by atoms with E-state index < -0.39 is 0 Å². The summed E-state index contributed by atoms with van der Waals surface area (Å²) < 4.78 is 0. The Morgan fingerprint density at radius 1 is 0.962 bits per heavy atom. The minimum absolute atomic E-state index is 0.0272. The number of Topliss-reactive ketones (excluding diaryl/α,β-unsaturated/α-hetero) is 1. The molecule has 0 saturated carbocycles. The van der Waals surface area contributed by atoms with Gasteiger partial charge in [0, 0.05) is 22.9 Å². The summed E-state index contributed by atoms with van der Waals surface area (Å²) in [5.74, 6) is 0.176. The van der Waals surface area contributed by atoms with Gasteiger partial charge in [0.15, 0.2) is 5.78 Å². The second-order valence-corrected chi connectivity index (χ2v) is 8.08. The Balaban J connectivity index is 1.65. The Morgan fingerprint density at radius 2 is 1.62 bits per heavy atom. The van der Waals surface area contributed by atoms with Gasteiger partial charge in [-0.25, -0.2) is 0 Å². The lowest BCUT2D eigenvalue weighted by atomic mass is 9.78. The molecule has 0 aliphatic carbocycles. The van der Waals surface area contributed by atoms with E-state index in [0.29, 0.717) is 6.54 Å². The topological polar surface area (TPSA) is 20.3 Å². The van der Waals surface area contributed by atoms with Crippen LogP contribution in [0.15, 0.2) is 71.4 Å². The number of carbonyl (C=O) groups excluding carboxylic acids is 1. The highest BCUT2D eigenvalue weighted by atomic mass is 32.1. The average molecular weight is 364 g/mol. The Labute approximate surface area is 160 Å². The second-order valence-electron chi connectivity index (χ2n) is 7.30. The van der Waals surface area contributed by atoms with Gasteiger partial charge in [-0.2, -0.15) is 11.3 Å². The molecule has 3 heteroatoms. The summed E-state index contributed by atoms with van der Waals surface area (Å²) in [4.78, 5) is 14.3. The number of hydrogen-bond acceptors (Lipinski definition) is 3. The van der Waals surface area contributed by atoms with E-state index in [2.05, 4.69) is 73.3 Å². The van der Waals surface area contributed by atoms with Crippen LogP contribution in [0.1, 0.15) is 40.9 Å². The van der Waals surface area contributed by atoms with Gasteiger partial charge in [0.25, 0.3) is 0 Å². The maximum Gasteiger partial charge on any atom is 0.177 e.